The molecule has 0 aromatic heterocycles. The average molecular weight is 381 g/mol. The average Bonchev–Trinajstić information content (AvgIpc) is 2.72. The summed E-state index contributed by atoms with van der Waals surface area (Å²) >= 11 is 0. The number of ether oxygens (including phenoxy) is 1. The number of nitrogens with two attached hydrogens (primary N) is 1. The van der Waals surface area contributed by atoms with Crippen LogP contribution in [0.3, 0.4) is 0 Å². The molecule has 28 heavy (non-hydrogen) atoms. The molecule has 4 nitrogen and oxygen atoms in total. The Balaban J connectivity index is 1.64. The quantitative estimate of drug-likeness (QED) is 0.731. The zero-order chi connectivity index (χ0) is 20.2. The molecule has 0 bridgehead atoms. The summed E-state index contributed by atoms with van der Waals surface area (Å²) in [6.07, 6.45) is 1.43. The van der Waals surface area contributed by atoms with Gasteiger partial charge in [-0.2, -0.15) is 0 Å². The third-order valence-electron chi connectivity index (χ3n) is 6.36. The van der Waals surface area contributed by atoms with Crippen molar-refractivity contribution in [2.45, 2.75) is 51.2 Å². The third-order valence-corrected chi connectivity index (χ3v) is 6.36. The fourth-order valence-electron chi connectivity index (χ4n) is 4.20. The van der Waals surface area contributed by atoms with Crippen molar-refractivity contribution in [3.63, 3.8) is 0 Å². The van der Waals surface area contributed by atoms with Gasteiger partial charge in [-0.3, -0.25) is 4.79 Å². The summed E-state index contributed by atoms with van der Waals surface area (Å²) in [5.74, 6) is 0.162. The normalized spacial score (nSPS) is 23.2. The van der Waals surface area contributed by atoms with E-state index in [2.05, 4.69) is 53.8 Å². The highest BCUT2D eigenvalue weighted by Crippen LogP contribution is 2.49. The van der Waals surface area contributed by atoms with Gasteiger partial charge >= 0.3 is 0 Å². The molecule has 2 atom stereocenters. The molecular weight excluding hydrogens is 348 g/mol. The number of hydrogen-bond acceptors (Lipinski definition) is 3. The molecule has 0 radical (unpaired) electrons. The zero-order valence-corrected chi connectivity index (χ0v) is 17.2. The molecule has 0 heterocycles. The van der Waals surface area contributed by atoms with Crippen molar-refractivity contribution in [3.8, 4) is 0 Å². The highest BCUT2D eigenvalue weighted by atomic mass is 16.5. The van der Waals surface area contributed by atoms with E-state index in [0.29, 0.717) is 19.6 Å². The molecule has 2 aromatic rings. The second-order valence-corrected chi connectivity index (χ2v) is 8.26. The van der Waals surface area contributed by atoms with Crippen LogP contribution in [0.5, 0.6) is 0 Å². The summed E-state index contributed by atoms with van der Waals surface area (Å²) in [6.45, 7) is 7.24. The summed E-state index contributed by atoms with van der Waals surface area (Å²) in [5, 5.41) is 3.09. The molecule has 3 rings (SSSR count). The predicted octanol–water partition coefficient (Wildman–Crippen LogP) is 3.86. The van der Waals surface area contributed by atoms with E-state index in [4.69, 9.17) is 10.5 Å². The first-order valence-corrected chi connectivity index (χ1v) is 10.2. The fourth-order valence-corrected chi connectivity index (χ4v) is 4.20. The van der Waals surface area contributed by atoms with Gasteiger partial charge in [0.1, 0.15) is 5.54 Å². The van der Waals surface area contributed by atoms with Gasteiger partial charge in [0, 0.05) is 30.9 Å². The van der Waals surface area contributed by atoms with Crippen LogP contribution in [0.1, 0.15) is 50.7 Å². The summed E-state index contributed by atoms with van der Waals surface area (Å²) in [7, 11) is 0. The topological polar surface area (TPSA) is 64.3 Å². The van der Waals surface area contributed by atoms with Crippen molar-refractivity contribution in [3.05, 3.63) is 71.8 Å². The van der Waals surface area contributed by atoms with Crippen molar-refractivity contribution < 1.29 is 9.53 Å². The number of hydrogen-bond donors (Lipinski definition) is 2. The Kier molecular flexibility index (Phi) is 6.21. The first-order chi connectivity index (χ1) is 13.4. The molecule has 1 aliphatic rings. The molecule has 0 aliphatic heterocycles. The van der Waals surface area contributed by atoms with E-state index < -0.39 is 5.54 Å². The highest BCUT2D eigenvalue weighted by molar-refractivity contribution is 5.88. The lowest BCUT2D eigenvalue weighted by Crippen LogP contribution is -2.75. The van der Waals surface area contributed by atoms with Crippen LogP contribution in [0.2, 0.25) is 0 Å². The number of amides is 1. The molecule has 1 aliphatic carbocycles. The van der Waals surface area contributed by atoms with E-state index in [9.17, 15) is 4.79 Å². The van der Waals surface area contributed by atoms with E-state index in [0.717, 1.165) is 6.42 Å². The molecule has 150 valence electrons. The Hall–Kier alpha value is -2.17. The second kappa shape index (κ2) is 8.46. The Morgan fingerprint density at radius 2 is 1.64 bits per heavy atom. The zero-order valence-electron chi connectivity index (χ0n) is 17.2. The second-order valence-electron chi connectivity index (χ2n) is 8.26. The van der Waals surface area contributed by atoms with Gasteiger partial charge < -0.3 is 15.8 Å². The van der Waals surface area contributed by atoms with Gasteiger partial charge in [0.15, 0.2) is 0 Å². The van der Waals surface area contributed by atoms with Gasteiger partial charge in [0.05, 0.1) is 6.10 Å². The Labute approximate surface area is 168 Å². The van der Waals surface area contributed by atoms with Crippen LogP contribution in [-0.4, -0.2) is 30.7 Å². The van der Waals surface area contributed by atoms with Gasteiger partial charge in [0.2, 0.25) is 5.91 Å². The highest BCUT2D eigenvalue weighted by Gasteiger charge is 2.62. The maximum Gasteiger partial charge on any atom is 0.240 e. The number of benzene rings is 2. The maximum atomic E-state index is 12.9. The van der Waals surface area contributed by atoms with Crippen molar-refractivity contribution >= 4 is 5.91 Å². The fraction of sp³-hybridized carbons (Fsp3) is 0.458. The Morgan fingerprint density at radius 3 is 2.11 bits per heavy atom. The van der Waals surface area contributed by atoms with Gasteiger partial charge in [-0.15, -0.1) is 0 Å². The van der Waals surface area contributed by atoms with Gasteiger partial charge in [-0.25, -0.2) is 0 Å². The van der Waals surface area contributed by atoms with Crippen LogP contribution in [0, 0.1) is 5.41 Å². The Bertz CT molecular complexity index is 736. The van der Waals surface area contributed by atoms with Gasteiger partial charge in [-0.05, 0) is 24.5 Å². The lowest BCUT2D eigenvalue weighted by Gasteiger charge is -2.57. The molecule has 0 spiro atoms. The summed E-state index contributed by atoms with van der Waals surface area (Å²) < 4.78 is 5.74. The van der Waals surface area contributed by atoms with Crippen LogP contribution in [-0.2, 0) is 9.53 Å². The summed E-state index contributed by atoms with van der Waals surface area (Å²) in [4.78, 5) is 12.9. The van der Waals surface area contributed by atoms with E-state index >= 15 is 0 Å². The standard InChI is InChI=1S/C24H32N2O2/c1-4-28-21-17-24(25,23(21,2)3)22(27)26-16-15-20(18-11-7-5-8-12-18)19-13-9-6-10-14-19/h5-14,20-21H,4,15-17,25H2,1-3H3,(H,26,27). The summed E-state index contributed by atoms with van der Waals surface area (Å²) in [5.41, 5.74) is 7.76. The van der Waals surface area contributed by atoms with Crippen LogP contribution in [0.4, 0.5) is 0 Å². The van der Waals surface area contributed by atoms with E-state index in [1.54, 1.807) is 0 Å². The molecule has 1 amide bonds. The lowest BCUT2D eigenvalue weighted by molar-refractivity contribution is -0.170. The first kappa shape index (κ1) is 20.6. The SMILES string of the molecule is CCOC1CC(N)(C(=O)NCCC(c2ccccc2)c2ccccc2)C1(C)C. The molecule has 2 aromatic carbocycles. The van der Waals surface area contributed by atoms with E-state index in [-0.39, 0.29) is 23.3 Å². The monoisotopic (exact) mass is 380 g/mol. The minimum absolute atomic E-state index is 0.0367. The van der Waals surface area contributed by atoms with Gasteiger partial charge in [-0.1, -0.05) is 74.5 Å². The first-order valence-electron chi connectivity index (χ1n) is 10.2. The van der Waals surface area contributed by atoms with Crippen LogP contribution >= 0.6 is 0 Å². The molecule has 1 saturated carbocycles. The van der Waals surface area contributed by atoms with Gasteiger partial charge in [0.25, 0.3) is 0 Å². The molecule has 1 fully saturated rings. The van der Waals surface area contributed by atoms with Crippen molar-refractivity contribution in [1.82, 2.24) is 5.32 Å². The van der Waals surface area contributed by atoms with Crippen LogP contribution < -0.4 is 11.1 Å². The number of carbonyl (C=O) groups excluding carboxylic acids is 1. The number of nitrogens with one attached hydrogen (secondary N) is 1. The smallest absolute Gasteiger partial charge is 0.240 e. The molecule has 0 saturated heterocycles. The van der Waals surface area contributed by atoms with E-state index in [1.807, 2.05) is 32.9 Å². The maximum absolute atomic E-state index is 12.9. The number of carbonyl (C=O) groups is 1. The van der Waals surface area contributed by atoms with Crippen LogP contribution in [0.15, 0.2) is 60.7 Å². The molecule has 3 N–H and O–H groups in total. The largest absolute Gasteiger partial charge is 0.378 e. The molecule has 2 unspecified atom stereocenters. The van der Waals surface area contributed by atoms with Crippen molar-refractivity contribution in [1.29, 1.82) is 0 Å². The number of rotatable bonds is 8. The lowest BCUT2D eigenvalue weighted by atomic mass is 9.54. The predicted molar refractivity (Wildman–Crippen MR) is 113 cm³/mol. The van der Waals surface area contributed by atoms with Crippen molar-refractivity contribution in [2.75, 3.05) is 13.2 Å². The van der Waals surface area contributed by atoms with E-state index in [1.165, 1.54) is 11.1 Å². The Morgan fingerprint density at radius 1 is 1.11 bits per heavy atom. The summed E-state index contributed by atoms with van der Waals surface area (Å²) in [6, 6.07) is 20.9. The molecule has 4 heteroatoms. The van der Waals surface area contributed by atoms with Crippen LogP contribution in [0.25, 0.3) is 0 Å². The van der Waals surface area contributed by atoms with Crippen molar-refractivity contribution in [2.24, 2.45) is 11.1 Å². The minimum Gasteiger partial charge on any atom is -0.378 e. The minimum atomic E-state index is -0.873. The third kappa shape index (κ3) is 3.85. The molecular formula is C24H32N2O2.